The van der Waals surface area contributed by atoms with Crippen LogP contribution < -0.4 is 0 Å². The topological polar surface area (TPSA) is 12.9 Å². The molecule has 0 N–H and O–H groups in total. The van der Waals surface area contributed by atoms with Gasteiger partial charge in [-0.2, -0.15) is 0 Å². The van der Waals surface area contributed by atoms with E-state index in [0.717, 1.165) is 11.9 Å². The number of pyridine rings is 1. The normalized spacial score (nSPS) is 12.0. The van der Waals surface area contributed by atoms with Gasteiger partial charge in [-0.15, -0.1) is 0 Å². The molecule has 0 fully saturated rings. The first-order chi connectivity index (χ1) is 8.02. The predicted molar refractivity (Wildman–Crippen MR) is 74.4 cm³/mol. The van der Waals surface area contributed by atoms with E-state index in [2.05, 4.69) is 58.0 Å². The average molecular weight is 227 g/mol. The number of hydrogen-bond donors (Lipinski definition) is 0. The van der Waals surface area contributed by atoms with Crippen LogP contribution in [-0.4, -0.2) is 4.98 Å². The van der Waals surface area contributed by atoms with Crippen molar-refractivity contribution in [2.45, 2.75) is 46.0 Å². The molecule has 1 nitrogen and oxygen atoms in total. The summed E-state index contributed by atoms with van der Waals surface area (Å²) in [5, 5.41) is 1.25. The zero-order chi connectivity index (χ0) is 12.5. The van der Waals surface area contributed by atoms with Crippen LogP contribution >= 0.6 is 0 Å². The van der Waals surface area contributed by atoms with Gasteiger partial charge in [-0.05, 0) is 24.1 Å². The largest absolute Gasteiger partial charge is 0.252 e. The van der Waals surface area contributed by atoms with Crippen LogP contribution in [0.3, 0.4) is 0 Å². The number of fused-ring (bicyclic) bond motifs is 1. The maximum absolute atomic E-state index is 4.87. The number of rotatable bonds is 2. The number of para-hydroxylation sites is 1. The fraction of sp³-hybridized carbons (Fsp3) is 0.438. The second kappa shape index (κ2) is 4.48. The molecular weight excluding hydrogens is 206 g/mol. The Hall–Kier alpha value is -1.37. The highest BCUT2D eigenvalue weighted by molar-refractivity contribution is 5.79. The van der Waals surface area contributed by atoms with Gasteiger partial charge in [0.25, 0.3) is 0 Å². The van der Waals surface area contributed by atoms with Gasteiger partial charge in [0.1, 0.15) is 0 Å². The average Bonchev–Trinajstić information content (AvgIpc) is 2.27. The molecule has 1 heterocycles. The smallest absolute Gasteiger partial charge is 0.0705 e. The molecule has 0 radical (unpaired) electrons. The van der Waals surface area contributed by atoms with E-state index in [1.807, 2.05) is 0 Å². The van der Waals surface area contributed by atoms with E-state index < -0.39 is 0 Å². The lowest BCUT2D eigenvalue weighted by atomic mass is 9.86. The van der Waals surface area contributed by atoms with Gasteiger partial charge >= 0.3 is 0 Å². The Morgan fingerprint density at radius 2 is 1.82 bits per heavy atom. The van der Waals surface area contributed by atoms with Crippen molar-refractivity contribution in [1.29, 1.82) is 0 Å². The standard InChI is InChI=1S/C16H21N/c1-5-8-13-11-12-9-6-7-10-14(12)17-15(13)16(2,3)4/h6-7,9-11H,5,8H2,1-4H3. The minimum Gasteiger partial charge on any atom is -0.252 e. The Morgan fingerprint density at radius 1 is 1.12 bits per heavy atom. The maximum atomic E-state index is 4.87. The zero-order valence-electron chi connectivity index (χ0n) is 11.2. The fourth-order valence-electron chi connectivity index (χ4n) is 2.27. The van der Waals surface area contributed by atoms with Crippen LogP contribution in [0.4, 0.5) is 0 Å². The molecule has 2 aromatic rings. The molecule has 17 heavy (non-hydrogen) atoms. The van der Waals surface area contributed by atoms with Crippen molar-refractivity contribution < 1.29 is 0 Å². The zero-order valence-corrected chi connectivity index (χ0v) is 11.2. The lowest BCUT2D eigenvalue weighted by Gasteiger charge is -2.22. The molecule has 1 aromatic carbocycles. The Balaban J connectivity index is 2.66. The molecule has 2 rings (SSSR count). The number of nitrogens with zero attached hydrogens (tertiary/aromatic N) is 1. The van der Waals surface area contributed by atoms with Gasteiger partial charge in [0.05, 0.1) is 5.52 Å². The van der Waals surface area contributed by atoms with E-state index in [0.29, 0.717) is 0 Å². The van der Waals surface area contributed by atoms with Crippen molar-refractivity contribution in [1.82, 2.24) is 4.98 Å². The van der Waals surface area contributed by atoms with E-state index in [9.17, 15) is 0 Å². The van der Waals surface area contributed by atoms with Gasteiger partial charge in [-0.1, -0.05) is 52.3 Å². The monoisotopic (exact) mass is 227 g/mol. The van der Waals surface area contributed by atoms with Crippen LogP contribution in [0, 0.1) is 0 Å². The lowest BCUT2D eigenvalue weighted by Crippen LogP contribution is -2.16. The minimum absolute atomic E-state index is 0.120. The summed E-state index contributed by atoms with van der Waals surface area (Å²) < 4.78 is 0. The Morgan fingerprint density at radius 3 is 2.47 bits per heavy atom. The molecule has 0 aliphatic carbocycles. The molecule has 0 atom stereocenters. The second-order valence-electron chi connectivity index (χ2n) is 5.69. The van der Waals surface area contributed by atoms with Crippen LogP contribution in [0.1, 0.15) is 45.4 Å². The van der Waals surface area contributed by atoms with Crippen molar-refractivity contribution in [2.24, 2.45) is 0 Å². The lowest BCUT2D eigenvalue weighted by molar-refractivity contribution is 0.562. The van der Waals surface area contributed by atoms with Gasteiger partial charge in [-0.25, -0.2) is 0 Å². The van der Waals surface area contributed by atoms with Crippen LogP contribution in [0.2, 0.25) is 0 Å². The first-order valence-electron chi connectivity index (χ1n) is 6.41. The van der Waals surface area contributed by atoms with E-state index in [4.69, 9.17) is 4.98 Å². The van der Waals surface area contributed by atoms with E-state index in [1.54, 1.807) is 0 Å². The van der Waals surface area contributed by atoms with Gasteiger partial charge < -0.3 is 0 Å². The minimum atomic E-state index is 0.120. The molecule has 0 unspecified atom stereocenters. The Kier molecular flexibility index (Phi) is 3.19. The summed E-state index contributed by atoms with van der Waals surface area (Å²) in [6, 6.07) is 10.7. The van der Waals surface area contributed by atoms with Gasteiger partial charge in [0, 0.05) is 16.5 Å². The molecule has 0 bridgehead atoms. The Bertz CT molecular complexity index is 521. The van der Waals surface area contributed by atoms with Crippen LogP contribution in [-0.2, 0) is 11.8 Å². The highest BCUT2D eigenvalue weighted by Gasteiger charge is 2.19. The van der Waals surface area contributed by atoms with Crippen molar-refractivity contribution in [3.05, 3.63) is 41.6 Å². The molecule has 0 saturated heterocycles. The van der Waals surface area contributed by atoms with Gasteiger partial charge in [0.15, 0.2) is 0 Å². The highest BCUT2D eigenvalue weighted by atomic mass is 14.7. The molecule has 0 saturated carbocycles. The van der Waals surface area contributed by atoms with E-state index >= 15 is 0 Å². The highest BCUT2D eigenvalue weighted by Crippen LogP contribution is 2.27. The molecule has 0 amide bonds. The molecule has 1 heteroatoms. The number of aromatic nitrogens is 1. The molecule has 0 aliphatic rings. The van der Waals surface area contributed by atoms with Crippen molar-refractivity contribution in [3.8, 4) is 0 Å². The third kappa shape index (κ3) is 2.49. The third-order valence-electron chi connectivity index (χ3n) is 3.03. The first-order valence-corrected chi connectivity index (χ1v) is 6.41. The summed E-state index contributed by atoms with van der Waals surface area (Å²) >= 11 is 0. The van der Waals surface area contributed by atoms with Crippen molar-refractivity contribution >= 4 is 10.9 Å². The number of aryl methyl sites for hydroxylation is 1. The van der Waals surface area contributed by atoms with Gasteiger partial charge in [0.2, 0.25) is 0 Å². The summed E-state index contributed by atoms with van der Waals surface area (Å²) in [5.41, 5.74) is 3.88. The van der Waals surface area contributed by atoms with Crippen molar-refractivity contribution in [3.63, 3.8) is 0 Å². The Labute approximate surface area is 104 Å². The summed E-state index contributed by atoms with van der Waals surface area (Å²) in [6.45, 7) is 8.94. The fourth-order valence-corrected chi connectivity index (χ4v) is 2.27. The molecular formula is C16H21N. The van der Waals surface area contributed by atoms with E-state index in [1.165, 1.54) is 23.1 Å². The summed E-state index contributed by atoms with van der Waals surface area (Å²) in [5.74, 6) is 0. The quantitative estimate of drug-likeness (QED) is 0.737. The second-order valence-corrected chi connectivity index (χ2v) is 5.69. The van der Waals surface area contributed by atoms with Crippen molar-refractivity contribution in [2.75, 3.05) is 0 Å². The molecule has 0 spiro atoms. The SMILES string of the molecule is CCCc1cc2ccccc2nc1C(C)(C)C. The molecule has 90 valence electrons. The summed E-state index contributed by atoms with van der Waals surface area (Å²) in [4.78, 5) is 4.87. The van der Waals surface area contributed by atoms with Crippen LogP contribution in [0.15, 0.2) is 30.3 Å². The predicted octanol–water partition coefficient (Wildman–Crippen LogP) is 4.48. The maximum Gasteiger partial charge on any atom is 0.0705 e. The summed E-state index contributed by atoms with van der Waals surface area (Å²) in [6.07, 6.45) is 2.29. The number of benzene rings is 1. The number of hydrogen-bond acceptors (Lipinski definition) is 1. The summed E-state index contributed by atoms with van der Waals surface area (Å²) in [7, 11) is 0. The van der Waals surface area contributed by atoms with Crippen LogP contribution in [0.25, 0.3) is 10.9 Å². The van der Waals surface area contributed by atoms with Gasteiger partial charge in [-0.3, -0.25) is 4.98 Å². The first kappa shape index (κ1) is 12.1. The van der Waals surface area contributed by atoms with E-state index in [-0.39, 0.29) is 5.41 Å². The molecule has 1 aromatic heterocycles. The molecule has 0 aliphatic heterocycles. The van der Waals surface area contributed by atoms with Crippen LogP contribution in [0.5, 0.6) is 0 Å². The third-order valence-corrected chi connectivity index (χ3v) is 3.03.